The Labute approximate surface area is 203 Å². The Morgan fingerprint density at radius 2 is 1.24 bits per heavy atom. The molecule has 2 aromatic carbocycles. The maximum atomic E-state index is 10.4. The summed E-state index contributed by atoms with van der Waals surface area (Å²) >= 11 is 0. The van der Waals surface area contributed by atoms with E-state index in [0.29, 0.717) is 5.56 Å². The second-order valence-corrected chi connectivity index (χ2v) is 5.27. The van der Waals surface area contributed by atoms with Crippen molar-refractivity contribution in [2.45, 2.75) is 35.1 Å². The van der Waals surface area contributed by atoms with E-state index in [1.165, 1.54) is 6.21 Å². The molecule has 0 unspecified atom stereocenters. The van der Waals surface area contributed by atoms with E-state index < -0.39 is 0 Å². The molecule has 0 aliphatic rings. The highest BCUT2D eigenvalue weighted by molar-refractivity contribution is 5.88. The molecule has 0 spiro atoms. The highest BCUT2D eigenvalue weighted by Gasteiger charge is 1.94. The van der Waals surface area contributed by atoms with Crippen LogP contribution in [0.15, 0.2) is 78.2 Å². The minimum atomic E-state index is 0. The van der Waals surface area contributed by atoms with Gasteiger partial charge in [-0.1, -0.05) is 58.5 Å². The first kappa shape index (κ1) is 34.2. The molecule has 182 valence electrons. The number of halogens is 1. The first-order valence-corrected chi connectivity index (χ1v) is 9.88. The third-order valence-electron chi connectivity index (χ3n) is 3.60. The molecule has 4 rings (SSSR count). The van der Waals surface area contributed by atoms with Crippen molar-refractivity contribution in [2.75, 3.05) is 0 Å². The maximum absolute atomic E-state index is 10.4. The van der Waals surface area contributed by atoms with Gasteiger partial charge in [-0.3, -0.25) is 14.8 Å². The number of benzene rings is 2. The molecular weight excluding hydrogens is 440 g/mol. The van der Waals surface area contributed by atoms with Gasteiger partial charge in [0.15, 0.2) is 0 Å². The lowest BCUT2D eigenvalue weighted by Crippen LogP contribution is -1.82. The minimum Gasteiger partial charge on any atom is -0.411 e. The predicted molar refractivity (Wildman–Crippen MR) is 143 cm³/mol. The quantitative estimate of drug-likeness (QED) is 0.127. The number of hydrogen-bond acceptors (Lipinski definition) is 7. The zero-order valence-corrected chi connectivity index (χ0v) is 19.5. The number of carbonyl (C=O) groups excluding carboxylic acids is 1. The van der Waals surface area contributed by atoms with Crippen LogP contribution in [-0.2, 0) is 0 Å². The zero-order chi connectivity index (χ0) is 23.5. The Kier molecular flexibility index (Phi) is 22.6. The third kappa shape index (κ3) is 11.7. The average Bonchev–Trinajstić information content (AvgIpc) is 2.88. The van der Waals surface area contributed by atoms with Gasteiger partial charge in [0, 0.05) is 30.2 Å². The highest BCUT2D eigenvalue weighted by Crippen LogP contribution is 2.12. The molecule has 0 fully saturated rings. The molecule has 7 nitrogen and oxygen atoms in total. The highest BCUT2D eigenvalue weighted by atomic mass is 35.5. The summed E-state index contributed by atoms with van der Waals surface area (Å²) in [6.07, 6.45) is 5.73. The molecule has 8 heteroatoms. The van der Waals surface area contributed by atoms with Crippen LogP contribution < -0.4 is 5.90 Å². The van der Waals surface area contributed by atoms with Crippen LogP contribution in [0.5, 0.6) is 0 Å². The molecule has 0 atom stereocenters. The molecule has 33 heavy (non-hydrogen) atoms. The molecule has 2 aromatic heterocycles. The van der Waals surface area contributed by atoms with Gasteiger partial charge >= 0.3 is 0 Å². The van der Waals surface area contributed by atoms with Gasteiger partial charge in [0.05, 0.1) is 17.2 Å². The molecule has 0 bridgehead atoms. The van der Waals surface area contributed by atoms with Crippen LogP contribution in [0.3, 0.4) is 0 Å². The lowest BCUT2D eigenvalue weighted by molar-refractivity contribution is 0.112. The van der Waals surface area contributed by atoms with Crippen LogP contribution in [0, 0.1) is 0 Å². The summed E-state index contributed by atoms with van der Waals surface area (Å²) in [5, 5.41) is 19.9. The van der Waals surface area contributed by atoms with Crippen molar-refractivity contribution in [3.63, 3.8) is 0 Å². The molecule has 2 heterocycles. The number of oxime groups is 1. The molecule has 0 radical (unpaired) electrons. The summed E-state index contributed by atoms with van der Waals surface area (Å²) in [5.41, 5.74) is 3.42. The van der Waals surface area contributed by atoms with Crippen molar-refractivity contribution in [3.05, 3.63) is 84.2 Å². The Morgan fingerprint density at radius 1 is 0.818 bits per heavy atom. The smallest absolute Gasteiger partial charge is 0.150 e. The number of rotatable bonds is 2. The number of hydrogen-bond donors (Lipinski definition) is 3. The molecule has 0 saturated carbocycles. The number of aromatic nitrogens is 2. The number of nitrogens with zero attached hydrogens (tertiary/aromatic N) is 3. The fourth-order valence-electron chi connectivity index (χ4n) is 2.41. The Bertz CT molecular complexity index is 1070. The monoisotopic (exact) mass is 476 g/mol. The van der Waals surface area contributed by atoms with E-state index in [9.17, 15) is 4.79 Å². The van der Waals surface area contributed by atoms with Crippen LogP contribution in [0.2, 0.25) is 0 Å². The van der Waals surface area contributed by atoms with Crippen molar-refractivity contribution < 1.29 is 16.6 Å². The van der Waals surface area contributed by atoms with E-state index in [1.54, 1.807) is 18.5 Å². The normalized spacial score (nSPS) is 8.55. The van der Waals surface area contributed by atoms with Crippen LogP contribution in [0.25, 0.3) is 21.8 Å². The maximum Gasteiger partial charge on any atom is 0.150 e. The van der Waals surface area contributed by atoms with Crippen LogP contribution >= 0.6 is 12.4 Å². The zero-order valence-electron chi connectivity index (χ0n) is 18.7. The summed E-state index contributed by atoms with van der Waals surface area (Å²) < 4.78 is 0. The molecule has 0 aliphatic heterocycles. The van der Waals surface area contributed by atoms with Gasteiger partial charge in [-0.2, -0.15) is 0 Å². The summed E-state index contributed by atoms with van der Waals surface area (Å²) in [6.45, 7) is 8.00. The van der Waals surface area contributed by atoms with Gasteiger partial charge in [0.1, 0.15) is 6.29 Å². The van der Waals surface area contributed by atoms with E-state index in [1.807, 2.05) is 82.3 Å². The van der Waals surface area contributed by atoms with Crippen molar-refractivity contribution in [3.8, 4) is 0 Å². The standard InChI is InChI=1S/C10H8N2O.C10H7NO.2C2H6.CH4.ClH.H3NO.H2/c13-12-7-8-3-4-10-9(6-8)2-1-5-11-10;12-7-8-3-4-10-9(6-8)2-1-5-11-10;2*1-2;;;1-2;/h1-7,13H;1-7H;2*1-2H3;1H4;1H;2H,1H2;1H. The summed E-state index contributed by atoms with van der Waals surface area (Å²) in [4.78, 5) is 18.7. The number of carbonyl (C=O) groups is 1. The number of nitrogens with two attached hydrogens (primary N) is 1. The van der Waals surface area contributed by atoms with E-state index in [0.717, 1.165) is 33.7 Å². The molecule has 0 aliphatic carbocycles. The van der Waals surface area contributed by atoms with Gasteiger partial charge in [-0.25, -0.2) is 5.90 Å². The summed E-state index contributed by atoms with van der Waals surface area (Å²) in [5.74, 6) is 3.50. The Hall–Kier alpha value is -3.39. The van der Waals surface area contributed by atoms with Crippen LogP contribution in [0.4, 0.5) is 0 Å². The minimum absolute atomic E-state index is 0. The number of aldehydes is 1. The first-order chi connectivity index (χ1) is 15.3. The lowest BCUT2D eigenvalue weighted by Gasteiger charge is -1.96. The summed E-state index contributed by atoms with van der Waals surface area (Å²) in [7, 11) is 0. The molecular formula is C25H37ClN4O3. The Balaban J connectivity index is -0.000000203. The first-order valence-electron chi connectivity index (χ1n) is 9.88. The predicted octanol–water partition coefficient (Wildman–Crippen LogP) is 6.78. The van der Waals surface area contributed by atoms with Gasteiger partial charge < -0.3 is 10.4 Å². The van der Waals surface area contributed by atoms with Gasteiger partial charge in [0.2, 0.25) is 0 Å². The largest absolute Gasteiger partial charge is 0.411 e. The van der Waals surface area contributed by atoms with Crippen LogP contribution in [-0.4, -0.2) is 32.9 Å². The number of pyridine rings is 2. The second-order valence-electron chi connectivity index (χ2n) is 5.27. The van der Waals surface area contributed by atoms with Crippen molar-refractivity contribution in [1.82, 2.24) is 9.97 Å². The SMILES string of the molecule is C.CC.CC.Cl.NO.O=Cc1ccc2ncccc2c1.ON=Cc1ccc2ncccc2c1.[HH]. The molecule has 0 saturated heterocycles. The third-order valence-corrected chi connectivity index (χ3v) is 3.60. The average molecular weight is 477 g/mol. The van der Waals surface area contributed by atoms with Crippen molar-refractivity contribution in [2.24, 2.45) is 11.1 Å². The lowest BCUT2D eigenvalue weighted by atomic mass is 10.1. The van der Waals surface area contributed by atoms with E-state index in [4.69, 9.17) is 10.4 Å². The van der Waals surface area contributed by atoms with Gasteiger partial charge in [0.25, 0.3) is 0 Å². The second kappa shape index (κ2) is 21.8. The number of fused-ring (bicyclic) bond motifs is 2. The van der Waals surface area contributed by atoms with Crippen molar-refractivity contribution in [1.29, 1.82) is 0 Å². The fourth-order valence-corrected chi connectivity index (χ4v) is 2.41. The molecule has 0 amide bonds. The van der Waals surface area contributed by atoms with E-state index >= 15 is 0 Å². The van der Waals surface area contributed by atoms with Crippen LogP contribution in [0.1, 0.15) is 52.5 Å². The molecule has 4 N–H and O–H groups in total. The molecule has 4 aromatic rings. The van der Waals surface area contributed by atoms with Crippen molar-refractivity contribution >= 4 is 46.7 Å². The van der Waals surface area contributed by atoms with E-state index in [-0.39, 0.29) is 21.3 Å². The topological polar surface area (TPSA) is 122 Å². The van der Waals surface area contributed by atoms with Gasteiger partial charge in [-0.15, -0.1) is 12.4 Å². The summed E-state index contributed by atoms with van der Waals surface area (Å²) in [6, 6.07) is 18.8. The van der Waals surface area contributed by atoms with Gasteiger partial charge in [-0.05, 0) is 48.0 Å². The Morgan fingerprint density at radius 3 is 1.67 bits per heavy atom. The van der Waals surface area contributed by atoms with E-state index in [2.05, 4.69) is 21.0 Å². The fraction of sp³-hybridized carbons (Fsp3) is 0.200.